The molecule has 3 N–H and O–H groups in total. The molecule has 18 heavy (non-hydrogen) atoms. The average Bonchev–Trinajstić information content (AvgIpc) is 2.84. The maximum absolute atomic E-state index is 11.7. The number of aromatic nitrogens is 2. The van der Waals surface area contributed by atoms with Crippen LogP contribution >= 0.6 is 34.7 Å². The molecule has 0 aliphatic rings. The Morgan fingerprint density at radius 2 is 2.39 bits per heavy atom. The first-order valence-corrected chi connectivity index (χ1v) is 7.13. The number of thioether (sulfide) groups is 1. The lowest BCUT2D eigenvalue weighted by Crippen LogP contribution is -2.14. The molecular weight excluding hydrogens is 292 g/mol. The van der Waals surface area contributed by atoms with Gasteiger partial charge in [-0.25, -0.2) is 0 Å². The molecule has 0 aliphatic heterocycles. The molecular formula is C10H9ClN4OS2. The van der Waals surface area contributed by atoms with Crippen LogP contribution in [0.25, 0.3) is 0 Å². The molecule has 2 aromatic rings. The van der Waals surface area contributed by atoms with Gasteiger partial charge in [0.1, 0.15) is 5.51 Å². The van der Waals surface area contributed by atoms with E-state index in [4.69, 9.17) is 17.3 Å². The standard InChI is InChI=1S/C10H9ClN4OS2/c11-7-2-1-6(3-8(7)12)14-9(16)4-17-10-15-13-5-18-10/h1-3,5H,4,12H2,(H,14,16). The summed E-state index contributed by atoms with van der Waals surface area (Å²) in [6.07, 6.45) is 0. The number of nitrogens with zero attached hydrogens (tertiary/aromatic N) is 2. The molecule has 0 spiro atoms. The summed E-state index contributed by atoms with van der Waals surface area (Å²) in [5.41, 5.74) is 8.33. The van der Waals surface area contributed by atoms with Crippen LogP contribution in [0.2, 0.25) is 5.02 Å². The quantitative estimate of drug-likeness (QED) is 0.670. The van der Waals surface area contributed by atoms with Crippen LogP contribution in [0, 0.1) is 0 Å². The van der Waals surface area contributed by atoms with Crippen LogP contribution in [-0.4, -0.2) is 21.9 Å². The highest BCUT2D eigenvalue weighted by molar-refractivity contribution is 8.01. The van der Waals surface area contributed by atoms with Gasteiger partial charge in [0.05, 0.1) is 16.5 Å². The van der Waals surface area contributed by atoms with E-state index in [1.807, 2.05) is 0 Å². The summed E-state index contributed by atoms with van der Waals surface area (Å²) >= 11 is 8.53. The highest BCUT2D eigenvalue weighted by Gasteiger charge is 2.06. The molecule has 0 saturated carbocycles. The van der Waals surface area contributed by atoms with Crippen LogP contribution in [0.1, 0.15) is 0 Å². The molecule has 0 atom stereocenters. The second-order valence-corrected chi connectivity index (χ2v) is 5.74. The van der Waals surface area contributed by atoms with Crippen molar-refractivity contribution in [2.75, 3.05) is 16.8 Å². The molecule has 2 rings (SSSR count). The summed E-state index contributed by atoms with van der Waals surface area (Å²) < 4.78 is 0.765. The number of benzene rings is 1. The number of hydrogen-bond donors (Lipinski definition) is 2. The van der Waals surface area contributed by atoms with Gasteiger partial charge in [-0.1, -0.05) is 34.7 Å². The maximum Gasteiger partial charge on any atom is 0.234 e. The Morgan fingerprint density at radius 3 is 3.06 bits per heavy atom. The summed E-state index contributed by atoms with van der Waals surface area (Å²) in [5.74, 6) is 0.148. The smallest absolute Gasteiger partial charge is 0.234 e. The predicted molar refractivity (Wildman–Crippen MR) is 75.1 cm³/mol. The largest absolute Gasteiger partial charge is 0.397 e. The van der Waals surface area contributed by atoms with E-state index in [0.717, 1.165) is 4.34 Å². The van der Waals surface area contributed by atoms with E-state index in [0.29, 0.717) is 16.4 Å². The molecule has 0 radical (unpaired) electrons. The number of carbonyl (C=O) groups is 1. The monoisotopic (exact) mass is 300 g/mol. The SMILES string of the molecule is Nc1cc(NC(=O)CSc2nncs2)ccc1Cl. The number of halogens is 1. The van der Waals surface area contributed by atoms with Crippen LogP contribution in [0.5, 0.6) is 0 Å². The highest BCUT2D eigenvalue weighted by atomic mass is 35.5. The van der Waals surface area contributed by atoms with Crippen molar-refractivity contribution in [3.8, 4) is 0 Å². The first-order chi connectivity index (χ1) is 8.65. The van der Waals surface area contributed by atoms with Gasteiger partial charge >= 0.3 is 0 Å². The summed E-state index contributed by atoms with van der Waals surface area (Å²) in [4.78, 5) is 11.7. The Labute approximate surface area is 117 Å². The molecule has 0 aliphatic carbocycles. The van der Waals surface area contributed by atoms with E-state index in [1.54, 1.807) is 23.7 Å². The summed E-state index contributed by atoms with van der Waals surface area (Å²) in [5, 5.41) is 10.7. The van der Waals surface area contributed by atoms with Gasteiger partial charge < -0.3 is 11.1 Å². The molecule has 1 amide bonds. The molecule has 5 nitrogen and oxygen atoms in total. The average molecular weight is 301 g/mol. The Balaban J connectivity index is 1.88. The Hall–Kier alpha value is -1.31. The van der Waals surface area contributed by atoms with E-state index in [9.17, 15) is 4.79 Å². The number of carbonyl (C=O) groups excluding carboxylic acids is 1. The van der Waals surface area contributed by atoms with Gasteiger partial charge in [0.15, 0.2) is 4.34 Å². The molecule has 94 valence electrons. The van der Waals surface area contributed by atoms with E-state index >= 15 is 0 Å². The fraction of sp³-hybridized carbons (Fsp3) is 0.100. The van der Waals surface area contributed by atoms with E-state index < -0.39 is 0 Å². The highest BCUT2D eigenvalue weighted by Crippen LogP contribution is 2.23. The minimum absolute atomic E-state index is 0.128. The predicted octanol–water partition coefficient (Wildman–Crippen LogP) is 2.50. The zero-order valence-corrected chi connectivity index (χ0v) is 11.5. The maximum atomic E-state index is 11.7. The van der Waals surface area contributed by atoms with E-state index in [1.165, 1.54) is 23.1 Å². The molecule has 1 heterocycles. The zero-order valence-electron chi connectivity index (χ0n) is 9.09. The first-order valence-electron chi connectivity index (χ1n) is 4.89. The third-order valence-corrected chi connectivity index (χ3v) is 4.15. The van der Waals surface area contributed by atoms with Crippen molar-refractivity contribution in [1.29, 1.82) is 0 Å². The van der Waals surface area contributed by atoms with Gasteiger partial charge in [0, 0.05) is 5.69 Å². The van der Waals surface area contributed by atoms with Crippen LogP contribution in [0.4, 0.5) is 11.4 Å². The summed E-state index contributed by atoms with van der Waals surface area (Å²) in [6, 6.07) is 4.96. The lowest BCUT2D eigenvalue weighted by atomic mass is 10.3. The van der Waals surface area contributed by atoms with Crippen LogP contribution in [0.3, 0.4) is 0 Å². The van der Waals surface area contributed by atoms with Crippen molar-refractivity contribution in [3.63, 3.8) is 0 Å². The Kier molecular flexibility index (Phi) is 4.40. The normalized spacial score (nSPS) is 10.3. The van der Waals surface area contributed by atoms with Crippen LogP contribution in [0.15, 0.2) is 28.0 Å². The minimum Gasteiger partial charge on any atom is -0.397 e. The van der Waals surface area contributed by atoms with E-state index in [2.05, 4.69) is 15.5 Å². The molecule has 1 aromatic carbocycles. The molecule has 0 saturated heterocycles. The molecule has 1 aromatic heterocycles. The van der Waals surface area contributed by atoms with Crippen LogP contribution in [-0.2, 0) is 4.79 Å². The fourth-order valence-corrected chi connectivity index (χ4v) is 2.58. The third-order valence-electron chi connectivity index (χ3n) is 1.95. The lowest BCUT2D eigenvalue weighted by molar-refractivity contribution is -0.113. The van der Waals surface area contributed by atoms with Crippen molar-refractivity contribution in [2.24, 2.45) is 0 Å². The summed E-state index contributed by atoms with van der Waals surface area (Å²) in [6.45, 7) is 0. The molecule has 0 bridgehead atoms. The summed E-state index contributed by atoms with van der Waals surface area (Å²) in [7, 11) is 0. The first kappa shape index (κ1) is 13.1. The molecule has 0 fully saturated rings. The molecule has 8 heteroatoms. The second-order valence-electron chi connectivity index (χ2n) is 3.28. The van der Waals surface area contributed by atoms with Gasteiger partial charge in [-0.2, -0.15) is 0 Å². The van der Waals surface area contributed by atoms with E-state index in [-0.39, 0.29) is 11.7 Å². The number of nitrogen functional groups attached to an aromatic ring is 1. The van der Waals surface area contributed by atoms with Crippen LogP contribution < -0.4 is 11.1 Å². The minimum atomic E-state index is -0.128. The number of nitrogens with two attached hydrogens (primary N) is 1. The Morgan fingerprint density at radius 1 is 1.56 bits per heavy atom. The van der Waals surface area contributed by atoms with Crippen molar-refractivity contribution in [2.45, 2.75) is 4.34 Å². The number of rotatable bonds is 4. The van der Waals surface area contributed by atoms with Gasteiger partial charge in [-0.05, 0) is 18.2 Å². The second kappa shape index (κ2) is 6.03. The van der Waals surface area contributed by atoms with Crippen molar-refractivity contribution >= 4 is 52.0 Å². The number of anilines is 2. The fourth-order valence-electron chi connectivity index (χ4n) is 1.17. The molecule has 0 unspecified atom stereocenters. The van der Waals surface area contributed by atoms with Gasteiger partial charge in [0.2, 0.25) is 5.91 Å². The van der Waals surface area contributed by atoms with Gasteiger partial charge in [0.25, 0.3) is 0 Å². The topological polar surface area (TPSA) is 80.9 Å². The third kappa shape index (κ3) is 3.59. The van der Waals surface area contributed by atoms with Gasteiger partial charge in [-0.3, -0.25) is 4.79 Å². The number of amides is 1. The lowest BCUT2D eigenvalue weighted by Gasteiger charge is -2.05. The van der Waals surface area contributed by atoms with Gasteiger partial charge in [-0.15, -0.1) is 10.2 Å². The number of hydrogen-bond acceptors (Lipinski definition) is 6. The van der Waals surface area contributed by atoms with Crippen molar-refractivity contribution < 1.29 is 4.79 Å². The Bertz CT molecular complexity index is 547. The number of nitrogens with one attached hydrogen (secondary N) is 1. The zero-order chi connectivity index (χ0) is 13.0. The van der Waals surface area contributed by atoms with Crippen molar-refractivity contribution in [1.82, 2.24) is 10.2 Å². The van der Waals surface area contributed by atoms with Crippen molar-refractivity contribution in [3.05, 3.63) is 28.7 Å².